The fourth-order valence-electron chi connectivity index (χ4n) is 3.53. The fourth-order valence-corrected chi connectivity index (χ4v) is 3.76. The molecule has 1 aromatic heterocycles. The van der Waals surface area contributed by atoms with Crippen molar-refractivity contribution in [1.29, 1.82) is 0 Å². The van der Waals surface area contributed by atoms with Crippen molar-refractivity contribution in [2.75, 3.05) is 6.54 Å². The Hall–Kier alpha value is -0.900. The largest absolute Gasteiger partial charge is 0.334 e. The molecule has 1 aliphatic carbocycles. The second kappa shape index (κ2) is 5.61. The highest BCUT2D eigenvalue weighted by atomic mass is 79.9. The summed E-state index contributed by atoms with van der Waals surface area (Å²) < 4.78 is 0.915. The lowest BCUT2D eigenvalue weighted by atomic mass is 9.96. The first-order valence-corrected chi connectivity index (χ1v) is 7.97. The number of hydrogen-bond donors (Lipinski definition) is 0. The summed E-state index contributed by atoms with van der Waals surface area (Å²) in [5.41, 5.74) is 0.577. The molecule has 2 fully saturated rings. The van der Waals surface area contributed by atoms with E-state index in [4.69, 9.17) is 0 Å². The predicted octanol–water partition coefficient (Wildman–Crippen LogP) is 3.64. The molecule has 3 nitrogen and oxygen atoms in total. The van der Waals surface area contributed by atoms with E-state index in [-0.39, 0.29) is 5.91 Å². The van der Waals surface area contributed by atoms with E-state index in [1.807, 2.05) is 12.1 Å². The highest BCUT2D eigenvalue weighted by Gasteiger charge is 2.36. The van der Waals surface area contributed by atoms with Crippen molar-refractivity contribution in [1.82, 2.24) is 9.88 Å². The average Bonchev–Trinajstić information content (AvgIpc) is 3.09. The third-order valence-electron chi connectivity index (χ3n) is 4.45. The quantitative estimate of drug-likeness (QED) is 0.832. The molecule has 1 amide bonds. The van der Waals surface area contributed by atoms with Crippen LogP contribution in [-0.4, -0.2) is 28.4 Å². The number of amides is 1. The van der Waals surface area contributed by atoms with Crippen LogP contribution in [0.3, 0.4) is 0 Å². The van der Waals surface area contributed by atoms with E-state index in [1.54, 1.807) is 6.20 Å². The predicted molar refractivity (Wildman–Crippen MR) is 78.0 cm³/mol. The molecular weight excluding hydrogens is 304 g/mol. The summed E-state index contributed by atoms with van der Waals surface area (Å²) in [6, 6.07) is 4.16. The molecule has 1 aromatic rings. The number of halogens is 1. The molecule has 0 aromatic carbocycles. The minimum atomic E-state index is 0.113. The summed E-state index contributed by atoms with van der Waals surface area (Å²) in [4.78, 5) is 18.9. The number of hydrogen-bond acceptors (Lipinski definition) is 2. The molecule has 1 saturated heterocycles. The van der Waals surface area contributed by atoms with Crippen LogP contribution in [0.1, 0.15) is 49.0 Å². The number of rotatable bonds is 2. The number of carbonyl (C=O) groups is 1. The molecular formula is C15H19BrN2O. The Labute approximate surface area is 122 Å². The summed E-state index contributed by atoms with van der Waals surface area (Å²) in [5.74, 6) is 0.837. The Bertz CT molecular complexity index is 454. The second-order valence-corrected chi connectivity index (χ2v) is 6.53. The first kappa shape index (κ1) is 13.1. The van der Waals surface area contributed by atoms with Gasteiger partial charge in [0.1, 0.15) is 5.69 Å². The minimum absolute atomic E-state index is 0.113. The van der Waals surface area contributed by atoms with Gasteiger partial charge in [-0.25, -0.2) is 4.98 Å². The van der Waals surface area contributed by atoms with Crippen molar-refractivity contribution >= 4 is 21.8 Å². The maximum atomic E-state index is 12.6. The molecule has 102 valence electrons. The van der Waals surface area contributed by atoms with Crippen molar-refractivity contribution in [3.8, 4) is 0 Å². The van der Waals surface area contributed by atoms with Crippen LogP contribution in [0.5, 0.6) is 0 Å². The zero-order valence-electron chi connectivity index (χ0n) is 11.0. The van der Waals surface area contributed by atoms with Gasteiger partial charge in [-0.3, -0.25) is 4.79 Å². The fraction of sp³-hybridized carbons (Fsp3) is 0.600. The van der Waals surface area contributed by atoms with Gasteiger partial charge in [-0.15, -0.1) is 0 Å². The summed E-state index contributed by atoms with van der Waals surface area (Å²) >= 11 is 3.36. The van der Waals surface area contributed by atoms with Crippen LogP contribution in [-0.2, 0) is 0 Å². The Kier molecular flexibility index (Phi) is 3.87. The summed E-state index contributed by atoms with van der Waals surface area (Å²) in [6.07, 6.45) is 9.27. The standard InChI is InChI=1S/C15H19BrN2O/c16-12-7-8-13(17-10-12)15(19)18-9-3-6-14(18)11-4-1-2-5-11/h7-8,10-11,14H,1-6,9H2. The van der Waals surface area contributed by atoms with Crippen molar-refractivity contribution < 1.29 is 4.79 Å². The number of likely N-dealkylation sites (tertiary alicyclic amines) is 1. The first-order valence-electron chi connectivity index (χ1n) is 7.18. The van der Waals surface area contributed by atoms with Gasteiger partial charge in [0.2, 0.25) is 0 Å². The zero-order valence-corrected chi connectivity index (χ0v) is 12.6. The Balaban J connectivity index is 1.76. The molecule has 0 N–H and O–H groups in total. The number of nitrogens with zero attached hydrogens (tertiary/aromatic N) is 2. The Morgan fingerprint density at radius 2 is 2.00 bits per heavy atom. The lowest BCUT2D eigenvalue weighted by Gasteiger charge is -2.29. The SMILES string of the molecule is O=C(c1ccc(Br)cn1)N1CCCC1C1CCCC1. The molecule has 0 radical (unpaired) electrons. The van der Waals surface area contributed by atoms with E-state index >= 15 is 0 Å². The van der Waals surface area contributed by atoms with Gasteiger partial charge in [0.15, 0.2) is 0 Å². The summed E-state index contributed by atoms with van der Waals surface area (Å²) in [7, 11) is 0. The van der Waals surface area contributed by atoms with Crippen LogP contribution in [0.2, 0.25) is 0 Å². The van der Waals surface area contributed by atoms with Crippen LogP contribution >= 0.6 is 15.9 Å². The third-order valence-corrected chi connectivity index (χ3v) is 4.92. The highest BCUT2D eigenvalue weighted by Crippen LogP contribution is 2.35. The number of carbonyl (C=O) groups excluding carboxylic acids is 1. The van der Waals surface area contributed by atoms with Crippen molar-refractivity contribution in [3.63, 3.8) is 0 Å². The topological polar surface area (TPSA) is 33.2 Å². The molecule has 1 atom stereocenters. The van der Waals surface area contributed by atoms with E-state index < -0.39 is 0 Å². The maximum absolute atomic E-state index is 12.6. The van der Waals surface area contributed by atoms with Crippen LogP contribution < -0.4 is 0 Å². The molecule has 2 aliphatic rings. The van der Waals surface area contributed by atoms with Gasteiger partial charge in [-0.2, -0.15) is 0 Å². The molecule has 1 aliphatic heterocycles. The van der Waals surface area contributed by atoms with E-state index in [9.17, 15) is 4.79 Å². The maximum Gasteiger partial charge on any atom is 0.272 e. The normalized spacial score (nSPS) is 24.1. The van der Waals surface area contributed by atoms with Crippen LogP contribution in [0.4, 0.5) is 0 Å². The van der Waals surface area contributed by atoms with E-state index in [0.29, 0.717) is 11.7 Å². The van der Waals surface area contributed by atoms with Gasteiger partial charge >= 0.3 is 0 Å². The average molecular weight is 323 g/mol. The van der Waals surface area contributed by atoms with Gasteiger partial charge in [-0.1, -0.05) is 12.8 Å². The second-order valence-electron chi connectivity index (χ2n) is 5.61. The van der Waals surface area contributed by atoms with Gasteiger partial charge < -0.3 is 4.90 Å². The molecule has 0 bridgehead atoms. The molecule has 19 heavy (non-hydrogen) atoms. The van der Waals surface area contributed by atoms with Gasteiger partial charge in [0, 0.05) is 23.3 Å². The Morgan fingerprint density at radius 1 is 1.21 bits per heavy atom. The van der Waals surface area contributed by atoms with E-state index in [0.717, 1.165) is 23.4 Å². The molecule has 1 saturated carbocycles. The molecule has 1 unspecified atom stereocenters. The van der Waals surface area contributed by atoms with Crippen LogP contribution in [0.25, 0.3) is 0 Å². The molecule has 2 heterocycles. The monoisotopic (exact) mass is 322 g/mol. The van der Waals surface area contributed by atoms with Crippen LogP contribution in [0, 0.1) is 5.92 Å². The summed E-state index contributed by atoms with van der Waals surface area (Å²) in [5, 5.41) is 0. The smallest absolute Gasteiger partial charge is 0.272 e. The van der Waals surface area contributed by atoms with Gasteiger partial charge in [0.25, 0.3) is 5.91 Å². The van der Waals surface area contributed by atoms with Gasteiger partial charge in [-0.05, 0) is 59.7 Å². The molecule has 0 spiro atoms. The first-order chi connectivity index (χ1) is 9.25. The third kappa shape index (κ3) is 2.69. The molecule has 3 rings (SSSR count). The number of pyridine rings is 1. The highest BCUT2D eigenvalue weighted by molar-refractivity contribution is 9.10. The van der Waals surface area contributed by atoms with Crippen molar-refractivity contribution in [2.24, 2.45) is 5.92 Å². The van der Waals surface area contributed by atoms with Gasteiger partial charge in [0.05, 0.1) is 0 Å². The van der Waals surface area contributed by atoms with E-state index in [2.05, 4.69) is 25.8 Å². The van der Waals surface area contributed by atoms with Crippen molar-refractivity contribution in [2.45, 2.75) is 44.6 Å². The Morgan fingerprint density at radius 3 is 2.68 bits per heavy atom. The minimum Gasteiger partial charge on any atom is -0.334 e. The molecule has 4 heteroatoms. The summed E-state index contributed by atoms with van der Waals surface area (Å²) in [6.45, 7) is 0.901. The van der Waals surface area contributed by atoms with Crippen LogP contribution in [0.15, 0.2) is 22.8 Å². The van der Waals surface area contributed by atoms with Crippen molar-refractivity contribution in [3.05, 3.63) is 28.5 Å². The van der Waals surface area contributed by atoms with E-state index in [1.165, 1.54) is 32.1 Å². The lowest BCUT2D eigenvalue weighted by Crippen LogP contribution is -2.39. The lowest BCUT2D eigenvalue weighted by molar-refractivity contribution is 0.0683. The zero-order chi connectivity index (χ0) is 13.2. The number of aromatic nitrogens is 1.